The fourth-order valence-electron chi connectivity index (χ4n) is 2.12. The molecule has 0 aliphatic rings. The molecule has 1 aromatic carbocycles. The number of rotatable bonds is 5. The standard InChI is InChI=1S/C16H18N2O5/c1-3-23-16(21)15(20)17-7-6-10-8-11-9-12(22-2)4-5-13(11)18-14(10)19/h4-5,8-9H,3,6-7H2,1-2H3,(H,17,20)(H,18,19). The van der Waals surface area contributed by atoms with E-state index < -0.39 is 11.9 Å². The molecule has 0 atom stereocenters. The summed E-state index contributed by atoms with van der Waals surface area (Å²) in [5.74, 6) is -1.05. The third kappa shape index (κ3) is 4.09. The van der Waals surface area contributed by atoms with Gasteiger partial charge in [-0.3, -0.25) is 9.59 Å². The molecule has 0 saturated carbocycles. The monoisotopic (exact) mass is 318 g/mol. The molecule has 0 aliphatic heterocycles. The second kappa shape index (κ2) is 7.44. The third-order valence-corrected chi connectivity index (χ3v) is 3.27. The van der Waals surface area contributed by atoms with Gasteiger partial charge in [-0.25, -0.2) is 4.79 Å². The van der Waals surface area contributed by atoms with Crippen molar-refractivity contribution in [2.75, 3.05) is 20.3 Å². The molecule has 7 heteroatoms. The van der Waals surface area contributed by atoms with E-state index in [9.17, 15) is 14.4 Å². The van der Waals surface area contributed by atoms with Crippen LogP contribution in [0.3, 0.4) is 0 Å². The number of aromatic nitrogens is 1. The molecule has 2 aromatic rings. The molecule has 0 unspecified atom stereocenters. The molecule has 0 aliphatic carbocycles. The first-order valence-electron chi connectivity index (χ1n) is 7.20. The van der Waals surface area contributed by atoms with Crippen molar-refractivity contribution < 1.29 is 19.1 Å². The smallest absolute Gasteiger partial charge is 0.396 e. The normalized spacial score (nSPS) is 10.3. The molecule has 2 rings (SSSR count). The van der Waals surface area contributed by atoms with Crippen molar-refractivity contribution in [1.29, 1.82) is 0 Å². The van der Waals surface area contributed by atoms with E-state index in [2.05, 4.69) is 15.0 Å². The predicted octanol–water partition coefficient (Wildman–Crippen LogP) is 0.758. The van der Waals surface area contributed by atoms with Crippen molar-refractivity contribution in [2.45, 2.75) is 13.3 Å². The summed E-state index contributed by atoms with van der Waals surface area (Å²) in [6, 6.07) is 7.08. The van der Waals surface area contributed by atoms with Gasteiger partial charge in [-0.2, -0.15) is 0 Å². The maximum Gasteiger partial charge on any atom is 0.396 e. The van der Waals surface area contributed by atoms with Gasteiger partial charge in [0.05, 0.1) is 13.7 Å². The summed E-state index contributed by atoms with van der Waals surface area (Å²) >= 11 is 0. The zero-order valence-electron chi connectivity index (χ0n) is 13.0. The minimum atomic E-state index is -0.926. The highest BCUT2D eigenvalue weighted by Crippen LogP contribution is 2.18. The van der Waals surface area contributed by atoms with Crippen LogP contribution in [0.1, 0.15) is 12.5 Å². The lowest BCUT2D eigenvalue weighted by Gasteiger charge is -2.06. The van der Waals surface area contributed by atoms with E-state index in [0.717, 1.165) is 5.39 Å². The fraction of sp³-hybridized carbons (Fsp3) is 0.312. The number of carbonyl (C=O) groups is 2. The first-order chi connectivity index (χ1) is 11.0. The zero-order valence-corrected chi connectivity index (χ0v) is 13.0. The van der Waals surface area contributed by atoms with Crippen LogP contribution < -0.4 is 15.6 Å². The molecule has 0 bridgehead atoms. The Morgan fingerprint density at radius 1 is 1.26 bits per heavy atom. The molecule has 23 heavy (non-hydrogen) atoms. The summed E-state index contributed by atoms with van der Waals surface area (Å²) in [4.78, 5) is 37.4. The molecular formula is C16H18N2O5. The van der Waals surface area contributed by atoms with Gasteiger partial charge in [-0.05, 0) is 37.6 Å². The van der Waals surface area contributed by atoms with E-state index in [-0.39, 0.29) is 18.7 Å². The van der Waals surface area contributed by atoms with E-state index in [0.29, 0.717) is 23.3 Å². The lowest BCUT2D eigenvalue weighted by atomic mass is 10.1. The van der Waals surface area contributed by atoms with Crippen LogP contribution in [0.4, 0.5) is 0 Å². The molecule has 122 valence electrons. The Morgan fingerprint density at radius 3 is 2.74 bits per heavy atom. The van der Waals surface area contributed by atoms with Gasteiger partial charge in [0.15, 0.2) is 0 Å². The molecule has 1 heterocycles. The fourth-order valence-corrected chi connectivity index (χ4v) is 2.12. The van der Waals surface area contributed by atoms with E-state index in [4.69, 9.17) is 4.74 Å². The second-order valence-corrected chi connectivity index (χ2v) is 4.80. The number of esters is 1. The Labute approximate surface area is 132 Å². The molecule has 0 saturated heterocycles. The van der Waals surface area contributed by atoms with Crippen LogP contribution in [0.15, 0.2) is 29.1 Å². The van der Waals surface area contributed by atoms with Crippen LogP contribution in [0.25, 0.3) is 10.9 Å². The minimum absolute atomic E-state index is 0.137. The van der Waals surface area contributed by atoms with E-state index in [1.54, 1.807) is 32.2 Å². The van der Waals surface area contributed by atoms with Crippen LogP contribution in [-0.2, 0) is 20.7 Å². The third-order valence-electron chi connectivity index (χ3n) is 3.27. The Hall–Kier alpha value is -2.83. The Bertz CT molecular complexity index is 782. The van der Waals surface area contributed by atoms with Crippen LogP contribution >= 0.6 is 0 Å². The van der Waals surface area contributed by atoms with E-state index in [1.165, 1.54) is 0 Å². The Morgan fingerprint density at radius 2 is 2.04 bits per heavy atom. The van der Waals surface area contributed by atoms with Gasteiger partial charge in [-0.15, -0.1) is 0 Å². The number of nitrogens with one attached hydrogen (secondary N) is 2. The largest absolute Gasteiger partial charge is 0.497 e. The summed E-state index contributed by atoms with van der Waals surface area (Å²) < 4.78 is 9.73. The number of hydrogen-bond donors (Lipinski definition) is 2. The van der Waals surface area contributed by atoms with Crippen molar-refractivity contribution in [3.63, 3.8) is 0 Å². The molecule has 1 aromatic heterocycles. The lowest BCUT2D eigenvalue weighted by molar-refractivity contribution is -0.154. The van der Waals surface area contributed by atoms with Crippen molar-refractivity contribution >= 4 is 22.8 Å². The van der Waals surface area contributed by atoms with Crippen LogP contribution in [-0.4, -0.2) is 37.1 Å². The number of amides is 1. The highest BCUT2D eigenvalue weighted by atomic mass is 16.5. The summed E-state index contributed by atoms with van der Waals surface area (Å²) in [5, 5.41) is 3.25. The number of carbonyl (C=O) groups excluding carboxylic acids is 2. The van der Waals surface area contributed by atoms with Gasteiger partial charge < -0.3 is 19.8 Å². The minimum Gasteiger partial charge on any atom is -0.497 e. The quantitative estimate of drug-likeness (QED) is 0.626. The highest BCUT2D eigenvalue weighted by molar-refractivity contribution is 6.32. The van der Waals surface area contributed by atoms with Gasteiger partial charge in [0.25, 0.3) is 5.56 Å². The van der Waals surface area contributed by atoms with Gasteiger partial charge in [0.1, 0.15) is 5.75 Å². The maximum absolute atomic E-state index is 12.0. The number of aromatic amines is 1. The van der Waals surface area contributed by atoms with Gasteiger partial charge in [-0.1, -0.05) is 0 Å². The van der Waals surface area contributed by atoms with E-state index in [1.807, 2.05) is 6.07 Å². The van der Waals surface area contributed by atoms with Crippen LogP contribution in [0, 0.1) is 0 Å². The van der Waals surface area contributed by atoms with Gasteiger partial charge in [0, 0.05) is 23.0 Å². The van der Waals surface area contributed by atoms with Gasteiger partial charge >= 0.3 is 11.9 Å². The maximum atomic E-state index is 12.0. The number of hydrogen-bond acceptors (Lipinski definition) is 5. The van der Waals surface area contributed by atoms with Crippen molar-refractivity contribution in [3.8, 4) is 5.75 Å². The number of fused-ring (bicyclic) bond motifs is 1. The van der Waals surface area contributed by atoms with Crippen LogP contribution in [0.2, 0.25) is 0 Å². The SMILES string of the molecule is CCOC(=O)C(=O)NCCc1cc2cc(OC)ccc2[nH]c1=O. The zero-order chi connectivity index (χ0) is 16.8. The highest BCUT2D eigenvalue weighted by Gasteiger charge is 2.14. The lowest BCUT2D eigenvalue weighted by Crippen LogP contribution is -2.34. The molecule has 0 fully saturated rings. The first-order valence-corrected chi connectivity index (χ1v) is 7.20. The molecule has 7 nitrogen and oxygen atoms in total. The number of methoxy groups -OCH3 is 1. The topological polar surface area (TPSA) is 97.5 Å². The number of H-pyrrole nitrogens is 1. The molecule has 1 amide bonds. The Balaban J connectivity index is 2.08. The number of benzene rings is 1. The average Bonchev–Trinajstić information content (AvgIpc) is 2.55. The number of ether oxygens (including phenoxy) is 2. The molecule has 0 spiro atoms. The molecular weight excluding hydrogens is 300 g/mol. The molecule has 2 N–H and O–H groups in total. The van der Waals surface area contributed by atoms with Crippen molar-refractivity contribution in [3.05, 3.63) is 40.2 Å². The summed E-state index contributed by atoms with van der Waals surface area (Å²) in [5.41, 5.74) is 0.984. The number of pyridine rings is 1. The second-order valence-electron chi connectivity index (χ2n) is 4.80. The molecule has 0 radical (unpaired) electrons. The van der Waals surface area contributed by atoms with Crippen LogP contribution in [0.5, 0.6) is 5.75 Å². The van der Waals surface area contributed by atoms with Crippen molar-refractivity contribution in [2.24, 2.45) is 0 Å². The average molecular weight is 318 g/mol. The van der Waals surface area contributed by atoms with Crippen molar-refractivity contribution in [1.82, 2.24) is 10.3 Å². The van der Waals surface area contributed by atoms with E-state index >= 15 is 0 Å². The Kier molecular flexibility index (Phi) is 5.35. The predicted molar refractivity (Wildman–Crippen MR) is 84.5 cm³/mol. The summed E-state index contributed by atoms with van der Waals surface area (Å²) in [7, 11) is 1.57. The first kappa shape index (κ1) is 16.5. The van der Waals surface area contributed by atoms with Gasteiger partial charge in [0.2, 0.25) is 0 Å². The summed E-state index contributed by atoms with van der Waals surface area (Å²) in [6.45, 7) is 1.92. The summed E-state index contributed by atoms with van der Waals surface area (Å²) in [6.07, 6.45) is 0.299.